The molecule has 1 aromatic rings. The minimum atomic E-state index is -0.524. The van der Waals surface area contributed by atoms with Gasteiger partial charge in [-0.2, -0.15) is 5.10 Å². The van der Waals surface area contributed by atoms with Crippen molar-refractivity contribution in [3.05, 3.63) is 11.9 Å². The molecule has 15 heavy (non-hydrogen) atoms. The van der Waals surface area contributed by atoms with Crippen molar-refractivity contribution in [1.82, 2.24) is 15.1 Å². The third-order valence-corrected chi connectivity index (χ3v) is 1.80. The lowest BCUT2D eigenvalue weighted by Crippen LogP contribution is -2.31. The first-order valence-corrected chi connectivity index (χ1v) is 4.18. The smallest absolute Gasteiger partial charge is 0.325 e. The van der Waals surface area contributed by atoms with Crippen LogP contribution in [0.1, 0.15) is 10.5 Å². The number of rotatable bonds is 3. The Morgan fingerprint density at radius 3 is 2.80 bits per heavy atom. The molecule has 0 spiro atoms. The van der Waals surface area contributed by atoms with Gasteiger partial charge in [0.1, 0.15) is 12.2 Å². The van der Waals surface area contributed by atoms with Gasteiger partial charge in [-0.05, 0) is 0 Å². The molecule has 1 amide bonds. The summed E-state index contributed by atoms with van der Waals surface area (Å²) >= 11 is 0. The zero-order chi connectivity index (χ0) is 11.4. The number of ether oxygens (including phenoxy) is 1. The molecular weight excluding hydrogens is 200 g/mol. The summed E-state index contributed by atoms with van der Waals surface area (Å²) in [5, 5.41) is 6.16. The first-order chi connectivity index (χ1) is 7.06. The summed E-state index contributed by atoms with van der Waals surface area (Å²) in [7, 11) is 2.83. The van der Waals surface area contributed by atoms with Crippen LogP contribution in [0.25, 0.3) is 0 Å². The number of methoxy groups -OCH3 is 1. The van der Waals surface area contributed by atoms with Crippen LogP contribution in [0.4, 0.5) is 5.69 Å². The Kier molecular flexibility index (Phi) is 3.27. The standard InChI is InChI=1S/C8H12N4O3/c1-12-7(5(9)3-11-12)8(14)10-4-6(13)15-2/h3H,4,9H2,1-2H3,(H,10,14). The van der Waals surface area contributed by atoms with Crippen molar-refractivity contribution in [2.45, 2.75) is 0 Å². The monoisotopic (exact) mass is 212 g/mol. The van der Waals surface area contributed by atoms with Crippen LogP contribution in [0.5, 0.6) is 0 Å². The number of nitrogens with zero attached hydrogens (tertiary/aromatic N) is 2. The van der Waals surface area contributed by atoms with Gasteiger partial charge >= 0.3 is 5.97 Å². The minimum Gasteiger partial charge on any atom is -0.468 e. The van der Waals surface area contributed by atoms with Gasteiger partial charge < -0.3 is 15.8 Å². The SMILES string of the molecule is COC(=O)CNC(=O)c1c(N)cnn1C. The molecule has 0 bridgehead atoms. The molecule has 0 radical (unpaired) electrons. The number of amides is 1. The summed E-state index contributed by atoms with van der Waals surface area (Å²) in [6.45, 7) is -0.194. The van der Waals surface area contributed by atoms with Crippen LogP contribution in [-0.2, 0) is 16.6 Å². The predicted octanol–water partition coefficient (Wildman–Crippen LogP) is -1.09. The maximum absolute atomic E-state index is 11.5. The fourth-order valence-electron chi connectivity index (χ4n) is 1.04. The molecule has 0 saturated carbocycles. The second-order valence-corrected chi connectivity index (χ2v) is 2.83. The van der Waals surface area contributed by atoms with Crippen LogP contribution in [-0.4, -0.2) is 35.3 Å². The van der Waals surface area contributed by atoms with E-state index in [2.05, 4.69) is 15.2 Å². The third-order valence-electron chi connectivity index (χ3n) is 1.80. The number of nitrogens with two attached hydrogens (primary N) is 1. The van der Waals surface area contributed by atoms with E-state index in [1.807, 2.05) is 0 Å². The van der Waals surface area contributed by atoms with Crippen LogP contribution in [0.2, 0.25) is 0 Å². The van der Waals surface area contributed by atoms with Crippen LogP contribution < -0.4 is 11.1 Å². The number of carbonyl (C=O) groups is 2. The average molecular weight is 212 g/mol. The molecule has 0 fully saturated rings. The molecule has 0 atom stereocenters. The van der Waals surface area contributed by atoms with E-state index in [9.17, 15) is 9.59 Å². The molecule has 0 aliphatic carbocycles. The number of esters is 1. The fourth-order valence-corrected chi connectivity index (χ4v) is 1.04. The number of nitrogens with one attached hydrogen (secondary N) is 1. The van der Waals surface area contributed by atoms with Gasteiger partial charge in [0, 0.05) is 7.05 Å². The summed E-state index contributed by atoms with van der Waals surface area (Å²) in [6, 6.07) is 0. The lowest BCUT2D eigenvalue weighted by Gasteiger charge is -2.04. The van der Waals surface area contributed by atoms with E-state index in [1.54, 1.807) is 7.05 Å². The Balaban J connectivity index is 2.66. The van der Waals surface area contributed by atoms with Crippen molar-refractivity contribution < 1.29 is 14.3 Å². The van der Waals surface area contributed by atoms with Gasteiger partial charge in [0.25, 0.3) is 5.91 Å². The maximum Gasteiger partial charge on any atom is 0.325 e. The largest absolute Gasteiger partial charge is 0.468 e. The van der Waals surface area contributed by atoms with Gasteiger partial charge in [0.15, 0.2) is 0 Å². The predicted molar refractivity (Wildman–Crippen MR) is 52.0 cm³/mol. The topological polar surface area (TPSA) is 99.2 Å². The van der Waals surface area contributed by atoms with E-state index in [4.69, 9.17) is 5.73 Å². The molecular formula is C8H12N4O3. The van der Waals surface area contributed by atoms with E-state index >= 15 is 0 Å². The van der Waals surface area contributed by atoms with Gasteiger partial charge in [0.2, 0.25) is 0 Å². The maximum atomic E-state index is 11.5. The van der Waals surface area contributed by atoms with Gasteiger partial charge in [0.05, 0.1) is 19.0 Å². The number of hydrogen-bond acceptors (Lipinski definition) is 5. The van der Waals surface area contributed by atoms with Crippen molar-refractivity contribution in [2.75, 3.05) is 19.4 Å². The Hall–Kier alpha value is -2.05. The molecule has 82 valence electrons. The fraction of sp³-hybridized carbons (Fsp3) is 0.375. The highest BCUT2D eigenvalue weighted by atomic mass is 16.5. The van der Waals surface area contributed by atoms with Crippen LogP contribution in [0.3, 0.4) is 0 Å². The zero-order valence-corrected chi connectivity index (χ0v) is 8.48. The summed E-state index contributed by atoms with van der Waals surface area (Å²) < 4.78 is 5.71. The normalized spacial score (nSPS) is 9.73. The quantitative estimate of drug-likeness (QED) is 0.620. The lowest BCUT2D eigenvalue weighted by molar-refractivity contribution is -0.139. The first kappa shape index (κ1) is 11.0. The average Bonchev–Trinajstić information content (AvgIpc) is 2.54. The highest BCUT2D eigenvalue weighted by Gasteiger charge is 2.15. The highest BCUT2D eigenvalue weighted by molar-refractivity contribution is 5.98. The van der Waals surface area contributed by atoms with Crippen molar-refractivity contribution in [3.8, 4) is 0 Å². The number of hydrogen-bond donors (Lipinski definition) is 2. The summed E-state index contributed by atoms with van der Waals surface area (Å²) in [4.78, 5) is 22.3. The van der Waals surface area contributed by atoms with E-state index in [1.165, 1.54) is 18.0 Å². The van der Waals surface area contributed by atoms with E-state index in [0.717, 1.165) is 0 Å². The van der Waals surface area contributed by atoms with E-state index in [0.29, 0.717) is 0 Å². The second-order valence-electron chi connectivity index (χ2n) is 2.83. The second kappa shape index (κ2) is 4.45. The Morgan fingerprint density at radius 2 is 2.33 bits per heavy atom. The molecule has 7 nitrogen and oxygen atoms in total. The third kappa shape index (κ3) is 2.46. The van der Waals surface area contributed by atoms with Crippen LogP contribution >= 0.6 is 0 Å². The molecule has 0 aliphatic heterocycles. The molecule has 1 heterocycles. The van der Waals surface area contributed by atoms with Crippen molar-refractivity contribution in [3.63, 3.8) is 0 Å². The van der Waals surface area contributed by atoms with Crippen molar-refractivity contribution >= 4 is 17.6 Å². The first-order valence-electron chi connectivity index (χ1n) is 4.18. The molecule has 1 aromatic heterocycles. The molecule has 0 aromatic carbocycles. The number of aryl methyl sites for hydroxylation is 1. The number of anilines is 1. The summed E-state index contributed by atoms with van der Waals surface area (Å²) in [5.74, 6) is -0.984. The Morgan fingerprint density at radius 1 is 1.67 bits per heavy atom. The number of carbonyl (C=O) groups excluding carboxylic acids is 2. The molecule has 0 unspecified atom stereocenters. The van der Waals surface area contributed by atoms with Gasteiger partial charge in [-0.1, -0.05) is 0 Å². The highest BCUT2D eigenvalue weighted by Crippen LogP contribution is 2.08. The number of aromatic nitrogens is 2. The minimum absolute atomic E-state index is 0.194. The summed E-state index contributed by atoms with van der Waals surface area (Å²) in [5.41, 5.74) is 6.01. The van der Waals surface area contributed by atoms with E-state index < -0.39 is 11.9 Å². The number of nitrogen functional groups attached to an aromatic ring is 1. The summed E-state index contributed by atoms with van der Waals surface area (Å²) in [6.07, 6.45) is 1.37. The van der Waals surface area contributed by atoms with Crippen molar-refractivity contribution in [1.29, 1.82) is 0 Å². The van der Waals surface area contributed by atoms with Gasteiger partial charge in [-0.25, -0.2) is 0 Å². The van der Waals surface area contributed by atoms with Crippen molar-refractivity contribution in [2.24, 2.45) is 7.05 Å². The van der Waals surface area contributed by atoms with Crippen LogP contribution in [0, 0.1) is 0 Å². The molecule has 0 aliphatic rings. The van der Waals surface area contributed by atoms with Gasteiger partial charge in [-0.15, -0.1) is 0 Å². The molecule has 7 heteroatoms. The van der Waals surface area contributed by atoms with Gasteiger partial charge in [-0.3, -0.25) is 14.3 Å². The molecule has 1 rings (SSSR count). The van der Waals surface area contributed by atoms with E-state index in [-0.39, 0.29) is 17.9 Å². The lowest BCUT2D eigenvalue weighted by atomic mass is 10.3. The molecule has 0 saturated heterocycles. The molecule has 3 N–H and O–H groups in total. The Bertz CT molecular complexity index is 366. The zero-order valence-electron chi connectivity index (χ0n) is 8.48. The Labute approximate surface area is 86.2 Å². The van der Waals surface area contributed by atoms with Crippen LogP contribution in [0.15, 0.2) is 6.20 Å².